The van der Waals surface area contributed by atoms with Gasteiger partial charge in [-0.15, -0.1) is 0 Å². The Hall–Kier alpha value is -2.29. The first-order valence-electron chi connectivity index (χ1n) is 12.6. The number of β-lactam (4-membered cyclic amide) rings is 1. The fraction of sp³-hybridized carbons (Fsp3) is 0.519. The van der Waals surface area contributed by atoms with Gasteiger partial charge in [0.05, 0.1) is 16.9 Å². The molecule has 2 aliphatic rings. The summed E-state index contributed by atoms with van der Waals surface area (Å²) in [7, 11) is -4.46. The number of amides is 1. The zero-order chi connectivity index (χ0) is 25.6. The molecule has 0 bridgehead atoms. The molecule has 1 aliphatic heterocycles. The van der Waals surface area contributed by atoms with Crippen LogP contribution in [-0.4, -0.2) is 54.4 Å². The van der Waals surface area contributed by atoms with E-state index in [9.17, 15) is 22.2 Å². The fourth-order valence-corrected chi connectivity index (χ4v) is 5.98. The Morgan fingerprint density at radius 2 is 1.51 bits per heavy atom. The van der Waals surface area contributed by atoms with Gasteiger partial charge in [0.2, 0.25) is 5.91 Å². The van der Waals surface area contributed by atoms with Gasteiger partial charge in [-0.1, -0.05) is 70.4 Å². The second-order valence-electron chi connectivity index (χ2n) is 9.14. The molecular formula is C27H37FN2O4S. The predicted molar refractivity (Wildman–Crippen MR) is 135 cm³/mol. The van der Waals surface area contributed by atoms with Gasteiger partial charge in [-0.05, 0) is 61.8 Å². The maximum atomic E-state index is 13.4. The van der Waals surface area contributed by atoms with E-state index in [2.05, 4.69) is 25.7 Å². The van der Waals surface area contributed by atoms with Gasteiger partial charge >= 0.3 is 0 Å². The average molecular weight is 505 g/mol. The summed E-state index contributed by atoms with van der Waals surface area (Å²) in [5.74, 6) is -1.23. The number of hydrogen-bond donors (Lipinski definition) is 1. The molecule has 0 aromatic heterocycles. The van der Waals surface area contributed by atoms with Crippen LogP contribution in [0.5, 0.6) is 0 Å². The highest BCUT2D eigenvalue weighted by molar-refractivity contribution is 7.85. The lowest BCUT2D eigenvalue weighted by Gasteiger charge is -2.52. The Labute approximate surface area is 208 Å². The summed E-state index contributed by atoms with van der Waals surface area (Å²) in [5, 5.41) is 0. The van der Waals surface area contributed by atoms with E-state index in [-0.39, 0.29) is 34.3 Å². The lowest BCUT2D eigenvalue weighted by Crippen LogP contribution is -2.58. The van der Waals surface area contributed by atoms with Gasteiger partial charge in [0.1, 0.15) is 5.82 Å². The number of rotatable bonds is 7. The zero-order valence-electron chi connectivity index (χ0n) is 20.9. The first kappa shape index (κ1) is 27.3. The third-order valence-electron chi connectivity index (χ3n) is 7.19. The minimum atomic E-state index is -4.46. The van der Waals surface area contributed by atoms with Crippen molar-refractivity contribution in [2.45, 2.75) is 75.8 Å². The average Bonchev–Trinajstić information content (AvgIpc) is 2.85. The SMILES string of the molecule is CCN(CC)CC.O=C1[C@H](c2ccccc2S(=O)(=O)O)[C@@H](c2ccc(F)cc2)N1C1CCCCC1. The summed E-state index contributed by atoms with van der Waals surface area (Å²) < 4.78 is 46.8. The molecule has 6 nitrogen and oxygen atoms in total. The van der Waals surface area contributed by atoms with Gasteiger partial charge in [-0.25, -0.2) is 4.39 Å². The van der Waals surface area contributed by atoms with Crippen LogP contribution in [0, 0.1) is 5.82 Å². The van der Waals surface area contributed by atoms with E-state index < -0.39 is 16.0 Å². The number of carbonyl (C=O) groups excluding carboxylic acids is 1. The van der Waals surface area contributed by atoms with Crippen LogP contribution in [0.1, 0.15) is 76.0 Å². The monoisotopic (exact) mass is 504 g/mol. The van der Waals surface area contributed by atoms with Gasteiger partial charge in [-0.2, -0.15) is 8.42 Å². The number of likely N-dealkylation sites (tertiary alicyclic amines) is 1. The van der Waals surface area contributed by atoms with Gasteiger partial charge < -0.3 is 9.80 Å². The Morgan fingerprint density at radius 1 is 0.943 bits per heavy atom. The highest BCUT2D eigenvalue weighted by Crippen LogP contribution is 2.50. The van der Waals surface area contributed by atoms with Gasteiger partial charge in [0.25, 0.3) is 10.1 Å². The smallest absolute Gasteiger partial charge is 0.294 e. The molecule has 1 N–H and O–H groups in total. The van der Waals surface area contributed by atoms with Crippen molar-refractivity contribution in [3.8, 4) is 0 Å². The third kappa shape index (κ3) is 6.29. The molecule has 1 heterocycles. The van der Waals surface area contributed by atoms with Crippen molar-refractivity contribution >= 4 is 16.0 Å². The lowest BCUT2D eigenvalue weighted by atomic mass is 9.75. The molecule has 2 atom stereocenters. The van der Waals surface area contributed by atoms with Crippen LogP contribution >= 0.6 is 0 Å². The van der Waals surface area contributed by atoms with E-state index in [1.807, 2.05) is 4.90 Å². The van der Waals surface area contributed by atoms with Crippen LogP contribution in [0.25, 0.3) is 0 Å². The molecule has 192 valence electrons. The molecule has 0 radical (unpaired) electrons. The van der Waals surface area contributed by atoms with E-state index in [4.69, 9.17) is 0 Å². The van der Waals surface area contributed by atoms with Crippen LogP contribution in [0.2, 0.25) is 0 Å². The number of hydrogen-bond acceptors (Lipinski definition) is 4. The van der Waals surface area contributed by atoms with Gasteiger partial charge in [0, 0.05) is 6.04 Å². The Kier molecular flexibility index (Phi) is 9.44. The largest absolute Gasteiger partial charge is 0.331 e. The lowest BCUT2D eigenvalue weighted by molar-refractivity contribution is -0.156. The summed E-state index contributed by atoms with van der Waals surface area (Å²) in [6, 6.07) is 11.8. The highest BCUT2D eigenvalue weighted by atomic mass is 32.2. The third-order valence-corrected chi connectivity index (χ3v) is 8.12. The maximum absolute atomic E-state index is 13.4. The van der Waals surface area contributed by atoms with Crippen molar-refractivity contribution in [3.63, 3.8) is 0 Å². The molecule has 1 aliphatic carbocycles. The van der Waals surface area contributed by atoms with Gasteiger partial charge in [-0.3, -0.25) is 9.35 Å². The first-order valence-corrected chi connectivity index (χ1v) is 14.0. The minimum absolute atomic E-state index is 0.102. The van der Waals surface area contributed by atoms with E-state index in [0.717, 1.165) is 37.7 Å². The second-order valence-corrected chi connectivity index (χ2v) is 10.5. The predicted octanol–water partition coefficient (Wildman–Crippen LogP) is 5.42. The van der Waals surface area contributed by atoms with Crippen molar-refractivity contribution in [1.82, 2.24) is 9.80 Å². The Balaban J connectivity index is 0.000000429. The molecule has 0 spiro atoms. The molecule has 2 aromatic carbocycles. The molecule has 2 fully saturated rings. The Morgan fingerprint density at radius 3 is 2.03 bits per heavy atom. The molecular weight excluding hydrogens is 467 g/mol. The van der Waals surface area contributed by atoms with Crippen LogP contribution < -0.4 is 0 Å². The minimum Gasteiger partial charge on any atom is -0.331 e. The van der Waals surface area contributed by atoms with Crippen LogP contribution in [0.15, 0.2) is 53.4 Å². The molecule has 2 aromatic rings. The topological polar surface area (TPSA) is 77.9 Å². The summed E-state index contributed by atoms with van der Waals surface area (Å²) >= 11 is 0. The number of halogens is 1. The van der Waals surface area contributed by atoms with Crippen LogP contribution in [-0.2, 0) is 14.9 Å². The van der Waals surface area contributed by atoms with Crippen molar-refractivity contribution < 1.29 is 22.2 Å². The van der Waals surface area contributed by atoms with Crippen molar-refractivity contribution in [1.29, 1.82) is 0 Å². The molecule has 35 heavy (non-hydrogen) atoms. The quantitative estimate of drug-likeness (QED) is 0.402. The molecule has 1 amide bonds. The van der Waals surface area contributed by atoms with Crippen LogP contribution in [0.3, 0.4) is 0 Å². The molecule has 0 unspecified atom stereocenters. The standard InChI is InChI=1S/C21H22FNO4S.C6H15N/c22-15-12-10-14(11-13-15)20-19(17-8-4-5-9-18(17)28(25,26)27)21(24)23(20)16-6-2-1-3-7-16;1-4-7(5-2)6-3/h4-5,8-13,16,19-20H,1-3,6-7H2,(H,25,26,27);4-6H2,1-3H3/t19-,20-;/m1./s1. The van der Waals surface area contributed by atoms with Gasteiger partial charge in [0.15, 0.2) is 0 Å². The summed E-state index contributed by atoms with van der Waals surface area (Å²) in [6.45, 7) is 10.1. The van der Waals surface area contributed by atoms with E-state index in [1.165, 1.54) is 43.9 Å². The number of carbonyl (C=O) groups is 1. The van der Waals surface area contributed by atoms with Crippen LogP contribution in [0.4, 0.5) is 4.39 Å². The fourth-order valence-electron chi connectivity index (χ4n) is 5.24. The number of nitrogens with zero attached hydrogens (tertiary/aromatic N) is 2. The van der Waals surface area contributed by atoms with Crippen molar-refractivity contribution in [2.24, 2.45) is 0 Å². The van der Waals surface area contributed by atoms with E-state index in [0.29, 0.717) is 0 Å². The summed E-state index contributed by atoms with van der Waals surface area (Å²) in [5.41, 5.74) is 1.05. The van der Waals surface area contributed by atoms with E-state index >= 15 is 0 Å². The highest BCUT2D eigenvalue weighted by Gasteiger charge is 2.52. The number of benzene rings is 2. The summed E-state index contributed by atoms with van der Waals surface area (Å²) in [4.78, 5) is 17.1. The normalized spacial score (nSPS) is 20.9. The summed E-state index contributed by atoms with van der Waals surface area (Å²) in [6.07, 6.45) is 5.08. The van der Waals surface area contributed by atoms with Crippen molar-refractivity contribution in [2.75, 3.05) is 19.6 Å². The van der Waals surface area contributed by atoms with E-state index in [1.54, 1.807) is 24.3 Å². The zero-order valence-corrected chi connectivity index (χ0v) is 21.7. The maximum Gasteiger partial charge on any atom is 0.294 e. The molecule has 8 heteroatoms. The first-order chi connectivity index (χ1) is 16.7. The second kappa shape index (κ2) is 12.1. The van der Waals surface area contributed by atoms with Crippen molar-refractivity contribution in [3.05, 3.63) is 65.5 Å². The Bertz CT molecular complexity index is 1080. The molecule has 1 saturated carbocycles. The molecule has 1 saturated heterocycles. The molecule has 4 rings (SSSR count).